The molecule has 2 rings (SSSR count). The molecule has 2 fully saturated rings. The molecule has 0 atom stereocenters. The second-order valence-corrected chi connectivity index (χ2v) is 6.45. The molecule has 2 heterocycles. The van der Waals surface area contributed by atoms with Crippen molar-refractivity contribution < 1.29 is 35.9 Å². The van der Waals surface area contributed by atoms with Crippen LogP contribution in [0.15, 0.2) is 0 Å². The molecule has 0 bridgehead atoms. The van der Waals surface area contributed by atoms with Crippen LogP contribution >= 0.6 is 0 Å². The molecule has 0 aromatic rings. The first-order valence-electron chi connectivity index (χ1n) is 7.78. The Morgan fingerprint density at radius 2 is 1.54 bits per heavy atom. The molecule has 4 nitrogen and oxygen atoms in total. The molecule has 140 valence electrons. The minimum absolute atomic E-state index is 0.000244. The van der Waals surface area contributed by atoms with E-state index in [0.29, 0.717) is 12.8 Å². The second-order valence-electron chi connectivity index (χ2n) is 6.45. The SMILES string of the molecule is CCN1CCC2(CCN(C(=O)OC(C(F)(F)F)C(F)(F)F)CC2)C1. The predicted molar refractivity (Wildman–Crippen MR) is 72.4 cm³/mol. The standard InChI is InChI=1S/C14H20F6N2O2/c1-2-21-6-3-12(9-21)4-7-22(8-5-12)11(23)24-10(13(15,16)17)14(18,19)20/h10H,2-9H2,1H3. The average Bonchev–Trinajstić information content (AvgIpc) is 2.86. The molecule has 2 aliphatic heterocycles. The van der Waals surface area contributed by atoms with Gasteiger partial charge < -0.3 is 14.5 Å². The fraction of sp³-hybridized carbons (Fsp3) is 0.929. The van der Waals surface area contributed by atoms with Crippen LogP contribution in [0.5, 0.6) is 0 Å². The summed E-state index contributed by atoms with van der Waals surface area (Å²) in [5.74, 6) is 0. The van der Waals surface area contributed by atoms with Gasteiger partial charge in [0.2, 0.25) is 0 Å². The summed E-state index contributed by atoms with van der Waals surface area (Å²) in [6, 6.07) is 0. The van der Waals surface area contributed by atoms with E-state index in [9.17, 15) is 31.1 Å². The Morgan fingerprint density at radius 1 is 1.04 bits per heavy atom. The average molecular weight is 362 g/mol. The van der Waals surface area contributed by atoms with Crippen molar-refractivity contribution in [3.63, 3.8) is 0 Å². The van der Waals surface area contributed by atoms with E-state index in [1.165, 1.54) is 0 Å². The molecule has 0 unspecified atom stereocenters. The lowest BCUT2D eigenvalue weighted by atomic mass is 9.78. The van der Waals surface area contributed by atoms with Gasteiger partial charge in [-0.2, -0.15) is 26.3 Å². The number of likely N-dealkylation sites (tertiary alicyclic amines) is 2. The molecule has 0 radical (unpaired) electrons. The Kier molecular flexibility index (Phi) is 5.27. The first-order chi connectivity index (χ1) is 11.0. The van der Waals surface area contributed by atoms with E-state index < -0.39 is 24.5 Å². The van der Waals surface area contributed by atoms with Crippen LogP contribution in [-0.4, -0.2) is 67.1 Å². The molecule has 0 aromatic carbocycles. The molecule has 0 N–H and O–H groups in total. The van der Waals surface area contributed by atoms with Crippen molar-refractivity contribution in [2.75, 3.05) is 32.7 Å². The Labute approximate surface area is 135 Å². The number of alkyl halides is 6. The van der Waals surface area contributed by atoms with E-state index in [2.05, 4.69) is 9.64 Å². The number of ether oxygens (including phenoxy) is 1. The number of nitrogens with zero attached hydrogens (tertiary/aromatic N) is 2. The number of hydrogen-bond acceptors (Lipinski definition) is 3. The summed E-state index contributed by atoms with van der Waals surface area (Å²) in [5, 5.41) is 0. The quantitative estimate of drug-likeness (QED) is 0.706. The summed E-state index contributed by atoms with van der Waals surface area (Å²) < 4.78 is 78.4. The first-order valence-corrected chi connectivity index (χ1v) is 7.78. The van der Waals surface area contributed by atoms with Crippen LogP contribution in [-0.2, 0) is 4.74 Å². The highest BCUT2D eigenvalue weighted by atomic mass is 19.4. The van der Waals surface area contributed by atoms with Crippen molar-refractivity contribution in [1.82, 2.24) is 9.80 Å². The molecule has 10 heteroatoms. The van der Waals surface area contributed by atoms with Gasteiger partial charge in [-0.3, -0.25) is 0 Å². The lowest BCUT2D eigenvalue weighted by molar-refractivity contribution is -0.308. The second kappa shape index (κ2) is 6.61. The van der Waals surface area contributed by atoms with Crippen molar-refractivity contribution in [1.29, 1.82) is 0 Å². The van der Waals surface area contributed by atoms with E-state index >= 15 is 0 Å². The van der Waals surface area contributed by atoms with Crippen LogP contribution in [0.2, 0.25) is 0 Å². The van der Waals surface area contributed by atoms with Gasteiger partial charge in [-0.25, -0.2) is 4.79 Å². The number of hydrogen-bond donors (Lipinski definition) is 0. The minimum atomic E-state index is -5.68. The first kappa shape index (κ1) is 19.1. The lowest BCUT2D eigenvalue weighted by Gasteiger charge is -2.39. The third-order valence-electron chi connectivity index (χ3n) is 4.86. The highest BCUT2D eigenvalue weighted by molar-refractivity contribution is 5.68. The minimum Gasteiger partial charge on any atom is -0.426 e. The van der Waals surface area contributed by atoms with Crippen LogP contribution in [0.3, 0.4) is 0 Å². The fourth-order valence-electron chi connectivity index (χ4n) is 3.36. The molecule has 1 spiro atoms. The largest absolute Gasteiger partial charge is 0.434 e. The van der Waals surface area contributed by atoms with Gasteiger partial charge in [0.1, 0.15) is 0 Å². The summed E-state index contributed by atoms with van der Waals surface area (Å²) in [4.78, 5) is 14.9. The van der Waals surface area contributed by atoms with E-state index in [-0.39, 0.29) is 18.5 Å². The molecule has 24 heavy (non-hydrogen) atoms. The molecular formula is C14H20F6N2O2. The molecular weight excluding hydrogens is 342 g/mol. The van der Waals surface area contributed by atoms with Crippen LogP contribution in [0.25, 0.3) is 0 Å². The van der Waals surface area contributed by atoms with Gasteiger partial charge in [-0.05, 0) is 37.8 Å². The molecule has 0 saturated carbocycles. The topological polar surface area (TPSA) is 32.8 Å². The van der Waals surface area contributed by atoms with Gasteiger partial charge >= 0.3 is 18.4 Å². The third kappa shape index (κ3) is 4.25. The maximum atomic E-state index is 12.4. The van der Waals surface area contributed by atoms with Gasteiger partial charge in [0.05, 0.1) is 0 Å². The summed E-state index contributed by atoms with van der Waals surface area (Å²) >= 11 is 0. The Bertz CT molecular complexity index is 443. The van der Waals surface area contributed by atoms with Gasteiger partial charge in [0, 0.05) is 19.6 Å². The van der Waals surface area contributed by atoms with Crippen molar-refractivity contribution in [2.24, 2.45) is 5.41 Å². The van der Waals surface area contributed by atoms with Crippen molar-refractivity contribution in [2.45, 2.75) is 44.6 Å². The predicted octanol–water partition coefficient (Wildman–Crippen LogP) is 3.42. The zero-order chi connectivity index (χ0) is 18.2. The van der Waals surface area contributed by atoms with Crippen molar-refractivity contribution in [3.8, 4) is 0 Å². The zero-order valence-corrected chi connectivity index (χ0v) is 13.2. The van der Waals surface area contributed by atoms with Gasteiger partial charge in [0.25, 0.3) is 6.10 Å². The van der Waals surface area contributed by atoms with E-state index in [1.807, 2.05) is 6.92 Å². The number of carbonyl (C=O) groups excluding carboxylic acids is 1. The van der Waals surface area contributed by atoms with Crippen molar-refractivity contribution >= 4 is 6.09 Å². The summed E-state index contributed by atoms with van der Waals surface area (Å²) in [6.45, 7) is 4.91. The Balaban J connectivity index is 1.93. The maximum Gasteiger partial charge on any atom is 0.434 e. The van der Waals surface area contributed by atoms with Crippen LogP contribution < -0.4 is 0 Å². The monoisotopic (exact) mass is 362 g/mol. The molecule has 2 aliphatic rings. The van der Waals surface area contributed by atoms with E-state index in [0.717, 1.165) is 31.0 Å². The summed E-state index contributed by atoms with van der Waals surface area (Å²) in [7, 11) is 0. The molecule has 1 amide bonds. The molecule has 2 saturated heterocycles. The normalized spacial score (nSPS) is 22.4. The van der Waals surface area contributed by atoms with E-state index in [1.54, 1.807) is 0 Å². The number of amides is 1. The fourth-order valence-corrected chi connectivity index (χ4v) is 3.36. The van der Waals surface area contributed by atoms with Gasteiger partial charge in [-0.1, -0.05) is 6.92 Å². The highest BCUT2D eigenvalue weighted by Crippen LogP contribution is 2.41. The van der Waals surface area contributed by atoms with Crippen LogP contribution in [0.1, 0.15) is 26.2 Å². The Morgan fingerprint density at radius 3 is 1.96 bits per heavy atom. The van der Waals surface area contributed by atoms with Crippen LogP contribution in [0, 0.1) is 5.41 Å². The van der Waals surface area contributed by atoms with Crippen molar-refractivity contribution in [3.05, 3.63) is 0 Å². The highest BCUT2D eigenvalue weighted by Gasteiger charge is 2.60. The van der Waals surface area contributed by atoms with E-state index in [4.69, 9.17) is 0 Å². The van der Waals surface area contributed by atoms with Crippen LogP contribution in [0.4, 0.5) is 31.1 Å². The lowest BCUT2D eigenvalue weighted by Crippen LogP contribution is -2.50. The van der Waals surface area contributed by atoms with Gasteiger partial charge in [0.15, 0.2) is 0 Å². The number of halogens is 6. The molecule has 0 aliphatic carbocycles. The Hall–Kier alpha value is -1.19. The number of rotatable bonds is 2. The number of piperidine rings is 1. The summed E-state index contributed by atoms with van der Waals surface area (Å²) in [6.07, 6.45) is -15.0. The van der Waals surface area contributed by atoms with Gasteiger partial charge in [-0.15, -0.1) is 0 Å². The molecule has 0 aromatic heterocycles. The maximum absolute atomic E-state index is 12.4. The number of carbonyl (C=O) groups is 1. The third-order valence-corrected chi connectivity index (χ3v) is 4.86. The zero-order valence-electron chi connectivity index (χ0n) is 13.2. The summed E-state index contributed by atoms with van der Waals surface area (Å²) in [5.41, 5.74) is 0.000244. The smallest absolute Gasteiger partial charge is 0.426 e.